The maximum Gasteiger partial charge on any atom is 0.224 e. The molecule has 1 amide bonds. The Hall–Kier alpha value is -0.830. The Labute approximate surface area is 106 Å². The van der Waals surface area contributed by atoms with E-state index in [0.29, 0.717) is 6.42 Å². The lowest BCUT2D eigenvalue weighted by Crippen LogP contribution is -2.11. The Kier molecular flexibility index (Phi) is 6.16. The van der Waals surface area contributed by atoms with Crippen molar-refractivity contribution >= 4 is 27.5 Å². The number of carbonyl (C=O) groups excluding carboxylic acids is 1. The fraction of sp³-hybridized carbons (Fsp3) is 0.462. The lowest BCUT2D eigenvalue weighted by Gasteiger charge is -2.06. The molecule has 1 N–H and O–H groups in total. The van der Waals surface area contributed by atoms with Gasteiger partial charge in [-0.25, -0.2) is 0 Å². The van der Waals surface area contributed by atoms with E-state index in [0.717, 1.165) is 30.3 Å². The Morgan fingerprint density at radius 1 is 1.38 bits per heavy atom. The van der Waals surface area contributed by atoms with Gasteiger partial charge in [0.25, 0.3) is 0 Å². The molecule has 0 aliphatic carbocycles. The highest BCUT2D eigenvalue weighted by Crippen LogP contribution is 2.13. The number of amides is 1. The van der Waals surface area contributed by atoms with Crippen molar-refractivity contribution in [3.05, 3.63) is 29.8 Å². The standard InChI is InChI=1S/C13H18BrNO/c1-2-3-4-8-13(16)15-12-7-5-6-11(9-12)10-14/h5-7,9H,2-4,8,10H2,1H3,(H,15,16). The first-order valence-electron chi connectivity index (χ1n) is 5.71. The summed E-state index contributed by atoms with van der Waals surface area (Å²) in [5.74, 6) is 0.111. The van der Waals surface area contributed by atoms with Crippen LogP contribution < -0.4 is 5.32 Å². The van der Waals surface area contributed by atoms with Crippen molar-refractivity contribution in [3.63, 3.8) is 0 Å². The molecule has 3 heteroatoms. The zero-order valence-corrected chi connectivity index (χ0v) is 11.2. The Balaban J connectivity index is 2.43. The fourth-order valence-corrected chi connectivity index (χ4v) is 1.84. The summed E-state index contributed by atoms with van der Waals surface area (Å²) in [5, 5.41) is 3.73. The third-order valence-electron chi connectivity index (χ3n) is 2.37. The van der Waals surface area contributed by atoms with Crippen LogP contribution in [0.15, 0.2) is 24.3 Å². The van der Waals surface area contributed by atoms with Crippen LogP contribution in [0.3, 0.4) is 0 Å². The van der Waals surface area contributed by atoms with Gasteiger partial charge >= 0.3 is 0 Å². The summed E-state index contributed by atoms with van der Waals surface area (Å²) >= 11 is 3.40. The molecule has 0 aliphatic heterocycles. The van der Waals surface area contributed by atoms with E-state index in [2.05, 4.69) is 28.2 Å². The van der Waals surface area contributed by atoms with Crippen LogP contribution in [0.4, 0.5) is 5.69 Å². The van der Waals surface area contributed by atoms with Gasteiger partial charge in [-0.1, -0.05) is 47.8 Å². The van der Waals surface area contributed by atoms with Gasteiger partial charge in [-0.2, -0.15) is 0 Å². The molecule has 88 valence electrons. The van der Waals surface area contributed by atoms with E-state index in [4.69, 9.17) is 0 Å². The zero-order valence-electron chi connectivity index (χ0n) is 9.63. The largest absolute Gasteiger partial charge is 0.326 e. The van der Waals surface area contributed by atoms with Crippen LogP contribution in [-0.4, -0.2) is 5.91 Å². The van der Waals surface area contributed by atoms with Crippen molar-refractivity contribution in [2.24, 2.45) is 0 Å². The molecular weight excluding hydrogens is 266 g/mol. The predicted octanol–water partition coefficient (Wildman–Crippen LogP) is 4.10. The van der Waals surface area contributed by atoms with Crippen molar-refractivity contribution < 1.29 is 4.79 Å². The van der Waals surface area contributed by atoms with Crippen LogP contribution in [0.1, 0.15) is 38.2 Å². The van der Waals surface area contributed by atoms with Crippen molar-refractivity contribution in [2.75, 3.05) is 5.32 Å². The quantitative estimate of drug-likeness (QED) is 0.618. The molecule has 0 saturated carbocycles. The molecule has 0 aliphatic rings. The summed E-state index contributed by atoms with van der Waals surface area (Å²) < 4.78 is 0. The second kappa shape index (κ2) is 7.44. The summed E-state index contributed by atoms with van der Waals surface area (Å²) in [5.41, 5.74) is 2.06. The van der Waals surface area contributed by atoms with Gasteiger partial charge in [-0.05, 0) is 24.1 Å². The molecule has 0 unspecified atom stereocenters. The minimum absolute atomic E-state index is 0.111. The first-order chi connectivity index (χ1) is 7.76. The molecule has 16 heavy (non-hydrogen) atoms. The van der Waals surface area contributed by atoms with Gasteiger partial charge in [0.05, 0.1) is 0 Å². The second-order valence-electron chi connectivity index (χ2n) is 3.84. The number of alkyl halides is 1. The van der Waals surface area contributed by atoms with E-state index >= 15 is 0 Å². The van der Waals surface area contributed by atoms with E-state index in [1.807, 2.05) is 24.3 Å². The first kappa shape index (κ1) is 13.2. The van der Waals surface area contributed by atoms with E-state index in [1.54, 1.807) is 0 Å². The highest BCUT2D eigenvalue weighted by molar-refractivity contribution is 9.08. The minimum Gasteiger partial charge on any atom is -0.326 e. The van der Waals surface area contributed by atoms with E-state index in [1.165, 1.54) is 5.56 Å². The average Bonchev–Trinajstić information content (AvgIpc) is 2.29. The van der Waals surface area contributed by atoms with Crippen molar-refractivity contribution in [1.82, 2.24) is 0 Å². The van der Waals surface area contributed by atoms with E-state index < -0.39 is 0 Å². The van der Waals surface area contributed by atoms with Crippen LogP contribution >= 0.6 is 15.9 Å². The van der Waals surface area contributed by atoms with Crippen molar-refractivity contribution in [1.29, 1.82) is 0 Å². The monoisotopic (exact) mass is 283 g/mol. The summed E-state index contributed by atoms with van der Waals surface area (Å²) in [6.45, 7) is 2.14. The van der Waals surface area contributed by atoms with Crippen LogP contribution in [0.2, 0.25) is 0 Å². The molecule has 1 aromatic carbocycles. The smallest absolute Gasteiger partial charge is 0.224 e. The number of anilines is 1. The third kappa shape index (κ3) is 4.79. The molecule has 2 nitrogen and oxygen atoms in total. The maximum atomic E-state index is 11.6. The number of carbonyl (C=O) groups is 1. The lowest BCUT2D eigenvalue weighted by molar-refractivity contribution is -0.116. The first-order valence-corrected chi connectivity index (χ1v) is 6.83. The molecule has 0 radical (unpaired) electrons. The number of rotatable bonds is 6. The van der Waals surface area contributed by atoms with Crippen LogP contribution in [-0.2, 0) is 10.1 Å². The molecular formula is C13H18BrNO. The number of hydrogen-bond donors (Lipinski definition) is 1. The fourth-order valence-electron chi connectivity index (χ4n) is 1.49. The van der Waals surface area contributed by atoms with Gasteiger partial charge in [0.15, 0.2) is 0 Å². The summed E-state index contributed by atoms with van der Waals surface area (Å²) in [4.78, 5) is 11.6. The average molecular weight is 284 g/mol. The second-order valence-corrected chi connectivity index (χ2v) is 4.40. The van der Waals surface area contributed by atoms with Gasteiger partial charge in [0.2, 0.25) is 5.91 Å². The molecule has 0 bridgehead atoms. The number of unbranched alkanes of at least 4 members (excludes halogenated alkanes) is 2. The maximum absolute atomic E-state index is 11.6. The van der Waals surface area contributed by atoms with Crippen molar-refractivity contribution in [3.8, 4) is 0 Å². The van der Waals surface area contributed by atoms with Gasteiger partial charge in [0, 0.05) is 17.4 Å². The summed E-state index contributed by atoms with van der Waals surface area (Å²) in [7, 11) is 0. The SMILES string of the molecule is CCCCCC(=O)Nc1cccc(CBr)c1. The molecule has 1 rings (SSSR count). The highest BCUT2D eigenvalue weighted by Gasteiger charge is 2.02. The number of benzene rings is 1. The number of nitrogens with one attached hydrogen (secondary N) is 1. The molecule has 0 atom stereocenters. The Morgan fingerprint density at radius 3 is 2.88 bits per heavy atom. The summed E-state index contributed by atoms with van der Waals surface area (Å²) in [6.07, 6.45) is 3.86. The van der Waals surface area contributed by atoms with Crippen LogP contribution in [0.25, 0.3) is 0 Å². The molecule has 0 heterocycles. The molecule has 1 aromatic rings. The van der Waals surface area contributed by atoms with Gasteiger partial charge in [0.1, 0.15) is 0 Å². The predicted molar refractivity (Wildman–Crippen MR) is 71.8 cm³/mol. The molecule has 0 spiro atoms. The molecule has 0 saturated heterocycles. The van der Waals surface area contributed by atoms with Gasteiger partial charge < -0.3 is 5.32 Å². The number of halogens is 1. The van der Waals surface area contributed by atoms with E-state index in [9.17, 15) is 4.79 Å². The van der Waals surface area contributed by atoms with Crippen LogP contribution in [0, 0.1) is 0 Å². The van der Waals surface area contributed by atoms with Crippen LogP contribution in [0.5, 0.6) is 0 Å². The Morgan fingerprint density at radius 2 is 2.19 bits per heavy atom. The highest BCUT2D eigenvalue weighted by atomic mass is 79.9. The third-order valence-corrected chi connectivity index (χ3v) is 3.02. The summed E-state index contributed by atoms with van der Waals surface area (Å²) in [6, 6.07) is 7.90. The van der Waals surface area contributed by atoms with Crippen molar-refractivity contribution in [2.45, 2.75) is 37.9 Å². The zero-order chi connectivity index (χ0) is 11.8. The number of hydrogen-bond acceptors (Lipinski definition) is 1. The molecule has 0 fully saturated rings. The van der Waals surface area contributed by atoms with Gasteiger partial charge in [-0.15, -0.1) is 0 Å². The Bertz CT molecular complexity index is 338. The molecule has 0 aromatic heterocycles. The lowest BCUT2D eigenvalue weighted by atomic mass is 10.2. The topological polar surface area (TPSA) is 29.1 Å². The normalized spacial score (nSPS) is 10.1. The minimum atomic E-state index is 0.111. The van der Waals surface area contributed by atoms with E-state index in [-0.39, 0.29) is 5.91 Å². The van der Waals surface area contributed by atoms with Gasteiger partial charge in [-0.3, -0.25) is 4.79 Å².